The number of benzene rings is 2. The average Bonchev–Trinajstić information content (AvgIpc) is 2.88. The number of nitrogens with one attached hydrogen (secondary N) is 2. The Hall–Kier alpha value is -3.39. The van der Waals surface area contributed by atoms with E-state index in [1.807, 2.05) is 79.1 Å². The summed E-state index contributed by atoms with van der Waals surface area (Å²) in [5, 5.41) is 6.35. The second kappa shape index (κ2) is 11.1. The lowest BCUT2D eigenvalue weighted by atomic mass is 9.92. The number of anilines is 2. The van der Waals surface area contributed by atoms with Crippen molar-refractivity contribution < 1.29 is 14.4 Å². The number of carbonyl (C=O) groups is 3. The van der Waals surface area contributed by atoms with Crippen molar-refractivity contribution in [2.75, 3.05) is 62.6 Å². The third-order valence-electron chi connectivity index (χ3n) is 6.54. The second-order valence-corrected chi connectivity index (χ2v) is 10.7. The Morgan fingerprint density at radius 2 is 1.42 bits per heavy atom. The van der Waals surface area contributed by atoms with Crippen molar-refractivity contribution in [3.8, 4) is 0 Å². The molecule has 0 saturated carbocycles. The quantitative estimate of drug-likeness (QED) is 0.672. The third kappa shape index (κ3) is 6.43. The van der Waals surface area contributed by atoms with E-state index in [1.54, 1.807) is 0 Å². The summed E-state index contributed by atoms with van der Waals surface area (Å²) >= 11 is 0. The van der Waals surface area contributed by atoms with Gasteiger partial charge in [-0.3, -0.25) is 14.4 Å². The summed E-state index contributed by atoms with van der Waals surface area (Å²) in [6, 6.07) is 14.9. The standard InChI is InChI=1S/C28H37N5O3/c1-28(2,3)20-25(34)30-23-19-22(27(36)32-13-11-29-12-14-32)9-10-24(23)31-15-17-33(18-16-31)26(35)21-7-5-4-6-8-21/h4-10,19,29H,11-18,20H2,1-3H3,(H,30,34). The Labute approximate surface area is 213 Å². The summed E-state index contributed by atoms with van der Waals surface area (Å²) < 4.78 is 0. The maximum absolute atomic E-state index is 13.1. The lowest BCUT2D eigenvalue weighted by molar-refractivity contribution is -0.117. The zero-order chi connectivity index (χ0) is 25.7. The Morgan fingerprint density at radius 3 is 2.06 bits per heavy atom. The summed E-state index contributed by atoms with van der Waals surface area (Å²) in [7, 11) is 0. The van der Waals surface area contributed by atoms with E-state index >= 15 is 0 Å². The molecular weight excluding hydrogens is 454 g/mol. The fourth-order valence-corrected chi connectivity index (χ4v) is 4.69. The van der Waals surface area contributed by atoms with Gasteiger partial charge in [0.25, 0.3) is 11.8 Å². The van der Waals surface area contributed by atoms with Crippen LogP contribution in [0.3, 0.4) is 0 Å². The molecule has 0 unspecified atom stereocenters. The molecular formula is C28H37N5O3. The molecule has 8 nitrogen and oxygen atoms in total. The van der Waals surface area contributed by atoms with Crippen LogP contribution in [-0.4, -0.2) is 79.9 Å². The molecule has 2 fully saturated rings. The first-order chi connectivity index (χ1) is 17.2. The molecule has 2 N–H and O–H groups in total. The topological polar surface area (TPSA) is 85.0 Å². The summed E-state index contributed by atoms with van der Waals surface area (Å²) in [5.74, 6) is -0.0630. The summed E-state index contributed by atoms with van der Waals surface area (Å²) in [6.07, 6.45) is 0.377. The summed E-state index contributed by atoms with van der Waals surface area (Å²) in [5.41, 5.74) is 2.64. The Balaban J connectivity index is 1.52. The van der Waals surface area contributed by atoms with Gasteiger partial charge in [-0.2, -0.15) is 0 Å². The number of piperazine rings is 2. The largest absolute Gasteiger partial charge is 0.366 e. The van der Waals surface area contributed by atoms with E-state index in [2.05, 4.69) is 15.5 Å². The summed E-state index contributed by atoms with van der Waals surface area (Å²) in [6.45, 7) is 11.5. The van der Waals surface area contributed by atoms with Crippen molar-refractivity contribution in [2.24, 2.45) is 5.41 Å². The van der Waals surface area contributed by atoms with Crippen LogP contribution in [0.4, 0.5) is 11.4 Å². The number of rotatable bonds is 5. The minimum absolute atomic E-state index is 0.0207. The lowest BCUT2D eigenvalue weighted by Crippen LogP contribution is -2.49. The van der Waals surface area contributed by atoms with Crippen LogP contribution in [0.15, 0.2) is 48.5 Å². The van der Waals surface area contributed by atoms with Gasteiger partial charge < -0.3 is 25.3 Å². The van der Waals surface area contributed by atoms with E-state index < -0.39 is 0 Å². The molecule has 0 aromatic heterocycles. The monoisotopic (exact) mass is 491 g/mol. The average molecular weight is 492 g/mol. The molecule has 2 aromatic rings. The van der Waals surface area contributed by atoms with Crippen LogP contribution >= 0.6 is 0 Å². The number of amides is 3. The van der Waals surface area contributed by atoms with Crippen LogP contribution in [-0.2, 0) is 4.79 Å². The molecule has 2 aliphatic heterocycles. The normalized spacial score (nSPS) is 16.6. The smallest absolute Gasteiger partial charge is 0.254 e. The molecule has 192 valence electrons. The molecule has 4 rings (SSSR count). The maximum atomic E-state index is 13.1. The van der Waals surface area contributed by atoms with E-state index in [4.69, 9.17) is 0 Å². The van der Waals surface area contributed by atoms with E-state index in [0.29, 0.717) is 62.5 Å². The fourth-order valence-electron chi connectivity index (χ4n) is 4.69. The third-order valence-corrected chi connectivity index (χ3v) is 6.54. The molecule has 0 bridgehead atoms. The minimum Gasteiger partial charge on any atom is -0.366 e. The predicted molar refractivity (Wildman–Crippen MR) is 142 cm³/mol. The fraction of sp³-hybridized carbons (Fsp3) is 0.464. The van der Waals surface area contributed by atoms with Gasteiger partial charge in [0, 0.05) is 69.9 Å². The highest BCUT2D eigenvalue weighted by Crippen LogP contribution is 2.30. The first-order valence-corrected chi connectivity index (χ1v) is 12.7. The van der Waals surface area contributed by atoms with Gasteiger partial charge in [-0.05, 0) is 35.7 Å². The zero-order valence-electron chi connectivity index (χ0n) is 21.5. The Bertz CT molecular complexity index is 1080. The van der Waals surface area contributed by atoms with Crippen LogP contribution in [0.5, 0.6) is 0 Å². The van der Waals surface area contributed by atoms with Crippen LogP contribution in [0.2, 0.25) is 0 Å². The maximum Gasteiger partial charge on any atom is 0.254 e. The van der Waals surface area contributed by atoms with Crippen molar-refractivity contribution >= 4 is 29.1 Å². The molecule has 0 aliphatic carbocycles. The number of nitrogens with zero attached hydrogens (tertiary/aromatic N) is 3. The molecule has 0 radical (unpaired) electrons. The number of hydrogen-bond donors (Lipinski definition) is 2. The van der Waals surface area contributed by atoms with Crippen molar-refractivity contribution in [2.45, 2.75) is 27.2 Å². The van der Waals surface area contributed by atoms with Gasteiger partial charge in [-0.25, -0.2) is 0 Å². The second-order valence-electron chi connectivity index (χ2n) is 10.7. The first kappa shape index (κ1) is 25.7. The van der Waals surface area contributed by atoms with Crippen LogP contribution in [0.25, 0.3) is 0 Å². The lowest BCUT2D eigenvalue weighted by Gasteiger charge is -2.37. The first-order valence-electron chi connectivity index (χ1n) is 12.7. The van der Waals surface area contributed by atoms with Crippen molar-refractivity contribution in [3.05, 3.63) is 59.7 Å². The van der Waals surface area contributed by atoms with Crippen molar-refractivity contribution in [1.29, 1.82) is 0 Å². The summed E-state index contributed by atoms with van der Waals surface area (Å²) in [4.78, 5) is 44.8. The highest BCUT2D eigenvalue weighted by Gasteiger charge is 2.26. The van der Waals surface area contributed by atoms with Crippen LogP contribution < -0.4 is 15.5 Å². The molecule has 2 heterocycles. The van der Waals surface area contributed by atoms with E-state index in [1.165, 1.54) is 0 Å². The molecule has 2 aliphatic rings. The molecule has 0 atom stereocenters. The van der Waals surface area contributed by atoms with Crippen molar-refractivity contribution in [3.63, 3.8) is 0 Å². The number of carbonyl (C=O) groups excluding carboxylic acids is 3. The Morgan fingerprint density at radius 1 is 0.806 bits per heavy atom. The van der Waals surface area contributed by atoms with Gasteiger partial charge in [0.05, 0.1) is 11.4 Å². The van der Waals surface area contributed by atoms with E-state index in [-0.39, 0.29) is 23.1 Å². The van der Waals surface area contributed by atoms with Gasteiger partial charge >= 0.3 is 0 Å². The zero-order valence-corrected chi connectivity index (χ0v) is 21.5. The van der Waals surface area contributed by atoms with Crippen molar-refractivity contribution in [1.82, 2.24) is 15.1 Å². The number of hydrogen-bond acceptors (Lipinski definition) is 5. The molecule has 3 amide bonds. The van der Waals surface area contributed by atoms with Gasteiger partial charge in [-0.15, -0.1) is 0 Å². The SMILES string of the molecule is CC(C)(C)CC(=O)Nc1cc(C(=O)N2CCNCC2)ccc1N1CCN(C(=O)c2ccccc2)CC1. The van der Waals surface area contributed by atoms with Crippen LogP contribution in [0.1, 0.15) is 47.9 Å². The van der Waals surface area contributed by atoms with E-state index in [0.717, 1.165) is 18.8 Å². The molecule has 2 saturated heterocycles. The highest BCUT2D eigenvalue weighted by molar-refractivity contribution is 6.00. The van der Waals surface area contributed by atoms with E-state index in [9.17, 15) is 14.4 Å². The molecule has 0 spiro atoms. The van der Waals surface area contributed by atoms with Gasteiger partial charge in [0.2, 0.25) is 5.91 Å². The van der Waals surface area contributed by atoms with Gasteiger partial charge in [0.1, 0.15) is 0 Å². The molecule has 2 aromatic carbocycles. The van der Waals surface area contributed by atoms with Crippen LogP contribution in [0, 0.1) is 5.41 Å². The van der Waals surface area contributed by atoms with Gasteiger partial charge in [-0.1, -0.05) is 39.0 Å². The minimum atomic E-state index is -0.151. The Kier molecular flexibility index (Phi) is 7.94. The van der Waals surface area contributed by atoms with Gasteiger partial charge in [0.15, 0.2) is 0 Å². The molecule has 8 heteroatoms. The molecule has 36 heavy (non-hydrogen) atoms. The highest BCUT2D eigenvalue weighted by atomic mass is 16.2. The predicted octanol–water partition coefficient (Wildman–Crippen LogP) is 3.07.